The fourth-order valence-electron chi connectivity index (χ4n) is 4.92. The molecule has 1 spiro atoms. The molecule has 2 aromatic rings. The summed E-state index contributed by atoms with van der Waals surface area (Å²) in [4.78, 5) is 11.7. The zero-order valence-corrected chi connectivity index (χ0v) is 19.8. The lowest BCUT2D eigenvalue weighted by Crippen LogP contribution is -2.67. The molecule has 3 aliphatic rings. The minimum absolute atomic E-state index is 0.0299. The zero-order chi connectivity index (χ0) is 25.8. The molecule has 3 aliphatic heterocycles. The lowest BCUT2D eigenvalue weighted by atomic mass is 9.87. The number of nitrogens with zero attached hydrogens (tertiary/aromatic N) is 3. The van der Waals surface area contributed by atoms with Gasteiger partial charge in [-0.3, -0.25) is 0 Å². The predicted molar refractivity (Wildman–Crippen MR) is 114 cm³/mol. The first-order valence-corrected chi connectivity index (χ1v) is 11.6. The molecule has 0 aliphatic carbocycles. The second-order valence-electron chi connectivity index (χ2n) is 9.58. The van der Waals surface area contributed by atoms with Gasteiger partial charge in [0, 0.05) is 12.0 Å². The van der Waals surface area contributed by atoms with Crippen molar-refractivity contribution < 1.29 is 46.8 Å². The number of rotatable bonds is 5. The monoisotopic (exact) mass is 513 g/mol. The van der Waals surface area contributed by atoms with Crippen LogP contribution in [0.25, 0.3) is 11.3 Å². The summed E-state index contributed by atoms with van der Waals surface area (Å²) in [5, 5.41) is 17.7. The van der Waals surface area contributed by atoms with Gasteiger partial charge < -0.3 is 28.8 Å². The van der Waals surface area contributed by atoms with Crippen molar-refractivity contribution >= 4 is 5.97 Å². The van der Waals surface area contributed by atoms with Crippen molar-refractivity contribution in [2.45, 2.75) is 75.6 Å². The molecule has 3 saturated heterocycles. The first kappa shape index (κ1) is 25.1. The number of hydrogen-bond acceptors (Lipinski definition) is 8. The summed E-state index contributed by atoms with van der Waals surface area (Å²) in [6.45, 7) is 5.37. The van der Waals surface area contributed by atoms with Crippen LogP contribution in [0.1, 0.15) is 39.7 Å². The van der Waals surface area contributed by atoms with Gasteiger partial charge in [-0.2, -0.15) is 0 Å². The van der Waals surface area contributed by atoms with Gasteiger partial charge in [-0.05, 0) is 39.3 Å². The van der Waals surface area contributed by atoms with E-state index in [1.54, 1.807) is 13.8 Å². The van der Waals surface area contributed by atoms with Crippen molar-refractivity contribution in [2.24, 2.45) is 0 Å². The minimum atomic E-state index is -1.59. The van der Waals surface area contributed by atoms with Crippen LogP contribution in [0, 0.1) is 17.5 Å². The van der Waals surface area contributed by atoms with Crippen molar-refractivity contribution in [3.63, 3.8) is 0 Å². The maximum absolute atomic E-state index is 13.9. The lowest BCUT2D eigenvalue weighted by Gasteiger charge is -2.54. The molecular formula is C23H26F3N3O7. The standard InChI is InChI=1S/C23H26F3N3O7/c1-11(21(30)31)34-20-18(29-9-15(27-28-29)12-7-13(24)17(26)14(25)8-12)19-16(10-33-22(2,3)36-19)35-23(20)5-4-6-32-23/h7-9,11,16,18-20H,4-6,10H2,1-3H3,(H,30,31)/t11?,16-,18+,19+,20-,23+/m1/s1. The third-order valence-corrected chi connectivity index (χ3v) is 6.62. The molecule has 1 aromatic heterocycles. The van der Waals surface area contributed by atoms with Crippen LogP contribution in [0.4, 0.5) is 13.2 Å². The fourth-order valence-corrected chi connectivity index (χ4v) is 4.92. The Morgan fingerprint density at radius 3 is 2.58 bits per heavy atom. The van der Waals surface area contributed by atoms with E-state index in [4.69, 9.17) is 23.7 Å². The zero-order valence-electron chi connectivity index (χ0n) is 19.8. The Balaban J connectivity index is 1.59. The molecule has 0 bridgehead atoms. The summed E-state index contributed by atoms with van der Waals surface area (Å²) in [6, 6.07) is 0.814. The summed E-state index contributed by atoms with van der Waals surface area (Å²) < 4.78 is 72.9. The number of ether oxygens (including phenoxy) is 5. The molecule has 3 fully saturated rings. The third-order valence-electron chi connectivity index (χ3n) is 6.62. The average Bonchev–Trinajstić information content (AvgIpc) is 3.48. The van der Waals surface area contributed by atoms with Crippen molar-refractivity contribution in [3.8, 4) is 11.3 Å². The van der Waals surface area contributed by atoms with Gasteiger partial charge in [-0.1, -0.05) is 5.21 Å². The predicted octanol–water partition coefficient (Wildman–Crippen LogP) is 2.82. The molecule has 196 valence electrons. The van der Waals surface area contributed by atoms with Crippen molar-refractivity contribution in [2.75, 3.05) is 13.2 Å². The van der Waals surface area contributed by atoms with E-state index in [-0.39, 0.29) is 17.9 Å². The van der Waals surface area contributed by atoms with Gasteiger partial charge in [0.2, 0.25) is 0 Å². The highest BCUT2D eigenvalue weighted by Crippen LogP contribution is 2.48. The molecule has 1 aromatic carbocycles. The Morgan fingerprint density at radius 2 is 1.94 bits per heavy atom. The van der Waals surface area contributed by atoms with E-state index in [1.165, 1.54) is 17.8 Å². The number of halogens is 3. The second-order valence-corrected chi connectivity index (χ2v) is 9.58. The minimum Gasteiger partial charge on any atom is -0.479 e. The van der Waals surface area contributed by atoms with Crippen LogP contribution in [-0.2, 0) is 28.5 Å². The van der Waals surface area contributed by atoms with E-state index in [9.17, 15) is 23.1 Å². The van der Waals surface area contributed by atoms with Gasteiger partial charge in [0.05, 0.1) is 19.4 Å². The molecule has 10 nitrogen and oxygen atoms in total. The first-order chi connectivity index (χ1) is 17.0. The van der Waals surface area contributed by atoms with E-state index in [0.29, 0.717) is 19.4 Å². The lowest BCUT2D eigenvalue weighted by molar-refractivity contribution is -0.405. The van der Waals surface area contributed by atoms with E-state index in [1.807, 2.05) is 0 Å². The van der Waals surface area contributed by atoms with Gasteiger partial charge in [-0.15, -0.1) is 5.10 Å². The van der Waals surface area contributed by atoms with Gasteiger partial charge in [0.1, 0.15) is 30.0 Å². The molecule has 1 N–H and O–H groups in total. The SMILES string of the molecule is CC(O[C@@H]1[C@@H](n2cc(-c3cc(F)c(F)c(F)c3)nn2)[C@H]2OC(C)(C)OC[C@H]2O[C@@]12CCCO2)C(=O)O. The maximum Gasteiger partial charge on any atom is 0.332 e. The Bertz CT molecular complexity index is 1130. The molecule has 0 radical (unpaired) electrons. The van der Waals surface area contributed by atoms with E-state index in [2.05, 4.69) is 10.3 Å². The van der Waals surface area contributed by atoms with E-state index in [0.717, 1.165) is 12.1 Å². The van der Waals surface area contributed by atoms with Crippen LogP contribution in [0.15, 0.2) is 18.3 Å². The number of carbonyl (C=O) groups is 1. The number of fused-ring (bicyclic) bond motifs is 1. The molecule has 5 rings (SSSR count). The Hall–Kier alpha value is -2.58. The van der Waals surface area contributed by atoms with E-state index < -0.39 is 65.5 Å². The molecule has 4 heterocycles. The number of carboxylic acids is 1. The fraction of sp³-hybridized carbons (Fsp3) is 0.609. The van der Waals surface area contributed by atoms with Crippen molar-refractivity contribution in [1.82, 2.24) is 15.0 Å². The van der Waals surface area contributed by atoms with Gasteiger partial charge in [0.25, 0.3) is 0 Å². The topological polar surface area (TPSA) is 114 Å². The van der Waals surface area contributed by atoms with Crippen LogP contribution in [-0.4, -0.2) is 75.3 Å². The second kappa shape index (κ2) is 9.06. The largest absolute Gasteiger partial charge is 0.479 e. The summed E-state index contributed by atoms with van der Waals surface area (Å²) in [5.74, 6) is -7.81. The van der Waals surface area contributed by atoms with Crippen molar-refractivity contribution in [3.05, 3.63) is 35.8 Å². The van der Waals surface area contributed by atoms with Gasteiger partial charge in [-0.25, -0.2) is 22.6 Å². The van der Waals surface area contributed by atoms with Gasteiger partial charge in [0.15, 0.2) is 35.1 Å². The highest BCUT2D eigenvalue weighted by Gasteiger charge is 2.62. The summed E-state index contributed by atoms with van der Waals surface area (Å²) in [6.07, 6.45) is -1.10. The molecular weight excluding hydrogens is 487 g/mol. The van der Waals surface area contributed by atoms with Gasteiger partial charge >= 0.3 is 5.97 Å². The summed E-state index contributed by atoms with van der Waals surface area (Å²) >= 11 is 0. The van der Waals surface area contributed by atoms with Crippen LogP contribution in [0.3, 0.4) is 0 Å². The van der Waals surface area contributed by atoms with Crippen LogP contribution < -0.4 is 0 Å². The highest BCUT2D eigenvalue weighted by molar-refractivity contribution is 5.71. The summed E-state index contributed by atoms with van der Waals surface area (Å²) in [5.41, 5.74) is 0.0336. The molecule has 0 amide bonds. The van der Waals surface area contributed by atoms with E-state index >= 15 is 0 Å². The summed E-state index contributed by atoms with van der Waals surface area (Å²) in [7, 11) is 0. The Labute approximate surface area is 204 Å². The van der Waals surface area contributed by atoms with Crippen LogP contribution in [0.5, 0.6) is 0 Å². The number of benzene rings is 1. The normalized spacial score (nSPS) is 32.4. The Kier molecular flexibility index (Phi) is 6.32. The number of aliphatic carboxylic acids is 1. The first-order valence-electron chi connectivity index (χ1n) is 11.6. The molecule has 36 heavy (non-hydrogen) atoms. The number of carboxylic acid groups (broad SMARTS) is 1. The highest BCUT2D eigenvalue weighted by atomic mass is 19.2. The molecule has 13 heteroatoms. The number of hydrogen-bond donors (Lipinski definition) is 1. The van der Waals surface area contributed by atoms with Crippen molar-refractivity contribution in [1.29, 1.82) is 0 Å². The van der Waals surface area contributed by atoms with Crippen LogP contribution in [0.2, 0.25) is 0 Å². The molecule has 0 saturated carbocycles. The third kappa shape index (κ3) is 4.39. The smallest absolute Gasteiger partial charge is 0.332 e. The molecule has 6 atom stereocenters. The molecule has 1 unspecified atom stereocenters. The Morgan fingerprint density at radius 1 is 1.22 bits per heavy atom. The quantitative estimate of drug-likeness (QED) is 0.603. The average molecular weight is 513 g/mol. The number of aromatic nitrogens is 3. The van der Waals surface area contributed by atoms with Crippen LogP contribution >= 0.6 is 0 Å². The maximum atomic E-state index is 13.9.